The lowest BCUT2D eigenvalue weighted by Crippen LogP contribution is -2.25. The summed E-state index contributed by atoms with van der Waals surface area (Å²) in [6.07, 6.45) is 3.57. The highest BCUT2D eigenvalue weighted by Gasteiger charge is 2.24. The van der Waals surface area contributed by atoms with Crippen LogP contribution in [0, 0.1) is 5.82 Å². The molecule has 0 aromatic heterocycles. The van der Waals surface area contributed by atoms with Crippen molar-refractivity contribution in [1.29, 1.82) is 0 Å². The largest absolute Gasteiger partial charge is 0.491 e. The lowest BCUT2D eigenvalue weighted by molar-refractivity contribution is -0.191. The zero-order valence-corrected chi connectivity index (χ0v) is 18.4. The second kappa shape index (κ2) is 10.6. The zero-order valence-electron chi connectivity index (χ0n) is 18.4. The van der Waals surface area contributed by atoms with Crippen molar-refractivity contribution < 1.29 is 18.6 Å². The van der Waals surface area contributed by atoms with Crippen molar-refractivity contribution in [2.24, 2.45) is 0 Å². The van der Waals surface area contributed by atoms with Crippen LogP contribution >= 0.6 is 0 Å². The smallest absolute Gasteiger partial charge is 0.183 e. The number of hydrogen-bond acceptors (Lipinski definition) is 3. The van der Waals surface area contributed by atoms with Crippen LogP contribution in [0.25, 0.3) is 11.1 Å². The molecule has 3 nitrogen and oxygen atoms in total. The van der Waals surface area contributed by atoms with Crippen molar-refractivity contribution in [3.05, 3.63) is 102 Å². The van der Waals surface area contributed by atoms with Gasteiger partial charge in [-0.05, 0) is 54.2 Å². The summed E-state index contributed by atoms with van der Waals surface area (Å²) in [4.78, 5) is 0. The highest BCUT2D eigenvalue weighted by atomic mass is 19.1. The fraction of sp³-hybridized carbons (Fsp3) is 0.286. The maximum absolute atomic E-state index is 14.2. The van der Waals surface area contributed by atoms with Gasteiger partial charge in [0.2, 0.25) is 0 Å². The zero-order chi connectivity index (χ0) is 22.3. The van der Waals surface area contributed by atoms with Crippen molar-refractivity contribution in [3.63, 3.8) is 0 Å². The van der Waals surface area contributed by atoms with Gasteiger partial charge in [-0.1, -0.05) is 60.7 Å². The fourth-order valence-corrected chi connectivity index (χ4v) is 3.90. The summed E-state index contributed by atoms with van der Waals surface area (Å²) in [6.45, 7) is 7.28. The molecule has 0 unspecified atom stereocenters. The van der Waals surface area contributed by atoms with Gasteiger partial charge in [0.1, 0.15) is 0 Å². The number of allylic oxidation sites excluding steroid dienone is 1. The molecule has 0 N–H and O–H groups in total. The minimum atomic E-state index is -0.385. The average molecular weight is 433 g/mol. The van der Waals surface area contributed by atoms with E-state index in [0.29, 0.717) is 19.8 Å². The van der Waals surface area contributed by atoms with Crippen LogP contribution in [-0.4, -0.2) is 19.8 Å². The Morgan fingerprint density at radius 2 is 1.59 bits per heavy atom. The Morgan fingerprint density at radius 1 is 0.938 bits per heavy atom. The lowest BCUT2D eigenvalue weighted by Gasteiger charge is -2.30. The number of benzene rings is 3. The molecule has 0 spiro atoms. The second-order valence-corrected chi connectivity index (χ2v) is 7.96. The Kier molecular flexibility index (Phi) is 7.35. The molecule has 4 heteroatoms. The van der Waals surface area contributed by atoms with Gasteiger partial charge in [-0.3, -0.25) is 0 Å². The van der Waals surface area contributed by atoms with Crippen molar-refractivity contribution in [2.75, 3.05) is 19.8 Å². The minimum Gasteiger partial charge on any atom is -0.491 e. The number of halogens is 1. The molecule has 3 aromatic rings. The molecule has 32 heavy (non-hydrogen) atoms. The van der Waals surface area contributed by atoms with E-state index in [0.717, 1.165) is 29.5 Å². The summed E-state index contributed by atoms with van der Waals surface area (Å²) in [6, 6.07) is 21.6. The molecule has 0 radical (unpaired) electrons. The SMILES string of the molecule is C=CCCc1ccc(C2COC(c3ccc(-c4ccc(OCC)c(F)c4)cc3)OC2)cc1. The normalized spacial score (nSPS) is 18.3. The van der Waals surface area contributed by atoms with E-state index in [1.165, 1.54) is 17.2 Å². The summed E-state index contributed by atoms with van der Waals surface area (Å²) in [5.41, 5.74) is 5.24. The van der Waals surface area contributed by atoms with E-state index in [4.69, 9.17) is 14.2 Å². The molecule has 1 saturated heterocycles. The summed E-state index contributed by atoms with van der Waals surface area (Å²) in [5, 5.41) is 0. The second-order valence-electron chi connectivity index (χ2n) is 7.96. The minimum absolute atomic E-state index is 0.228. The van der Waals surface area contributed by atoms with E-state index in [9.17, 15) is 4.39 Å². The van der Waals surface area contributed by atoms with Gasteiger partial charge in [-0.25, -0.2) is 4.39 Å². The van der Waals surface area contributed by atoms with Crippen LogP contribution in [0.5, 0.6) is 5.75 Å². The third-order valence-corrected chi connectivity index (χ3v) is 5.73. The van der Waals surface area contributed by atoms with Gasteiger partial charge in [0.25, 0.3) is 0 Å². The van der Waals surface area contributed by atoms with Gasteiger partial charge in [0, 0.05) is 11.5 Å². The lowest BCUT2D eigenvalue weighted by atomic mass is 9.97. The molecule has 4 rings (SSSR count). The van der Waals surface area contributed by atoms with Gasteiger partial charge in [-0.15, -0.1) is 6.58 Å². The first-order valence-electron chi connectivity index (χ1n) is 11.1. The Bertz CT molecular complexity index is 1020. The Labute approximate surface area is 189 Å². The molecule has 1 aliphatic rings. The molecule has 166 valence electrons. The summed E-state index contributed by atoms with van der Waals surface area (Å²) >= 11 is 0. The molecule has 3 aromatic carbocycles. The van der Waals surface area contributed by atoms with Crippen LogP contribution in [0.3, 0.4) is 0 Å². The molecular formula is C28H29FO3. The molecule has 0 amide bonds. The van der Waals surface area contributed by atoms with Crippen molar-refractivity contribution >= 4 is 0 Å². The molecule has 1 aliphatic heterocycles. The predicted octanol–water partition coefficient (Wildman–Crippen LogP) is 6.84. The average Bonchev–Trinajstić information content (AvgIpc) is 2.85. The molecule has 0 bridgehead atoms. The monoisotopic (exact) mass is 432 g/mol. The van der Waals surface area contributed by atoms with Crippen molar-refractivity contribution in [3.8, 4) is 16.9 Å². The number of rotatable bonds is 8. The molecular weight excluding hydrogens is 403 g/mol. The first-order valence-corrected chi connectivity index (χ1v) is 11.1. The Morgan fingerprint density at radius 3 is 2.22 bits per heavy atom. The van der Waals surface area contributed by atoms with E-state index >= 15 is 0 Å². The maximum Gasteiger partial charge on any atom is 0.183 e. The molecule has 0 atom stereocenters. The Hall–Kier alpha value is -2.95. The predicted molar refractivity (Wildman–Crippen MR) is 125 cm³/mol. The third kappa shape index (κ3) is 5.26. The van der Waals surface area contributed by atoms with E-state index < -0.39 is 0 Å². The van der Waals surface area contributed by atoms with E-state index in [-0.39, 0.29) is 23.8 Å². The molecule has 0 aliphatic carbocycles. The van der Waals surface area contributed by atoms with Crippen LogP contribution in [0.2, 0.25) is 0 Å². The summed E-state index contributed by atoms with van der Waals surface area (Å²) in [5.74, 6) is 0.149. The quantitative estimate of drug-likeness (QED) is 0.365. The third-order valence-electron chi connectivity index (χ3n) is 5.73. The highest BCUT2D eigenvalue weighted by Crippen LogP contribution is 2.32. The van der Waals surface area contributed by atoms with Crippen LogP contribution < -0.4 is 4.74 Å². The topological polar surface area (TPSA) is 27.7 Å². The van der Waals surface area contributed by atoms with Gasteiger partial charge in [0.15, 0.2) is 17.9 Å². The first-order chi connectivity index (χ1) is 15.7. The van der Waals surface area contributed by atoms with Crippen LogP contribution in [0.1, 0.15) is 42.2 Å². The number of ether oxygens (including phenoxy) is 3. The van der Waals surface area contributed by atoms with Gasteiger partial charge < -0.3 is 14.2 Å². The van der Waals surface area contributed by atoms with Gasteiger partial charge >= 0.3 is 0 Å². The van der Waals surface area contributed by atoms with Crippen molar-refractivity contribution in [1.82, 2.24) is 0 Å². The molecule has 1 heterocycles. The van der Waals surface area contributed by atoms with Crippen LogP contribution in [0.15, 0.2) is 79.4 Å². The van der Waals surface area contributed by atoms with E-state index in [1.54, 1.807) is 6.07 Å². The van der Waals surface area contributed by atoms with E-state index in [1.807, 2.05) is 43.3 Å². The van der Waals surface area contributed by atoms with Crippen LogP contribution in [-0.2, 0) is 15.9 Å². The summed E-state index contributed by atoms with van der Waals surface area (Å²) in [7, 11) is 0. The fourth-order valence-electron chi connectivity index (χ4n) is 3.90. The Balaban J connectivity index is 1.36. The number of hydrogen-bond donors (Lipinski definition) is 0. The number of aryl methyl sites for hydroxylation is 1. The summed E-state index contributed by atoms with van der Waals surface area (Å²) < 4.78 is 31.5. The van der Waals surface area contributed by atoms with Gasteiger partial charge in [0.05, 0.1) is 19.8 Å². The van der Waals surface area contributed by atoms with Crippen LogP contribution in [0.4, 0.5) is 4.39 Å². The molecule has 1 fully saturated rings. The highest BCUT2D eigenvalue weighted by molar-refractivity contribution is 5.64. The first kappa shape index (κ1) is 22.3. The van der Waals surface area contributed by atoms with Gasteiger partial charge in [-0.2, -0.15) is 0 Å². The standard InChI is InChI=1S/C28H29FO3/c1-3-5-6-20-7-9-22(10-8-20)25-18-31-28(32-19-25)23-13-11-21(12-14-23)24-15-16-27(30-4-2)26(29)17-24/h3,7-17,25,28H,1,4-6,18-19H2,2H3. The van der Waals surface area contributed by atoms with Crippen molar-refractivity contribution in [2.45, 2.75) is 32.0 Å². The van der Waals surface area contributed by atoms with E-state index in [2.05, 4.69) is 30.8 Å². The molecule has 0 saturated carbocycles. The maximum atomic E-state index is 14.2.